The highest BCUT2D eigenvalue weighted by atomic mass is 32.1. The molecule has 88 valence electrons. The summed E-state index contributed by atoms with van der Waals surface area (Å²) in [6.45, 7) is 1.97. The van der Waals surface area contributed by atoms with Gasteiger partial charge in [-0.1, -0.05) is 12.1 Å². The second-order valence-corrected chi connectivity index (χ2v) is 4.48. The van der Waals surface area contributed by atoms with Gasteiger partial charge >= 0.3 is 0 Å². The summed E-state index contributed by atoms with van der Waals surface area (Å²) >= 11 is 1.60. The summed E-state index contributed by atoms with van der Waals surface area (Å²) in [5.41, 5.74) is 1.93. The molecule has 0 aliphatic heterocycles. The zero-order valence-corrected chi connectivity index (χ0v) is 10.5. The number of aromatic nitrogens is 1. The molecule has 2 aromatic rings. The Bertz CT molecular complexity index is 546. The van der Waals surface area contributed by atoms with E-state index in [1.807, 2.05) is 30.5 Å². The van der Waals surface area contributed by atoms with Crippen molar-refractivity contribution in [2.24, 2.45) is 0 Å². The summed E-state index contributed by atoms with van der Waals surface area (Å²) in [6, 6.07) is 5.29. The Balaban J connectivity index is 2.19. The van der Waals surface area contributed by atoms with Crippen LogP contribution in [0.15, 0.2) is 23.6 Å². The first-order valence-electron chi connectivity index (χ1n) is 5.16. The summed E-state index contributed by atoms with van der Waals surface area (Å²) in [4.78, 5) is 4.33. The van der Waals surface area contributed by atoms with Crippen molar-refractivity contribution in [2.45, 2.75) is 6.92 Å². The van der Waals surface area contributed by atoms with E-state index in [1.54, 1.807) is 23.5 Å². The third-order valence-corrected chi connectivity index (χ3v) is 3.19. The molecule has 0 fully saturated rings. The molecule has 0 radical (unpaired) electrons. The normalized spacial score (nSPS) is 10.9. The van der Waals surface area contributed by atoms with Crippen molar-refractivity contribution in [3.8, 4) is 11.5 Å². The van der Waals surface area contributed by atoms with Crippen molar-refractivity contribution in [2.75, 3.05) is 7.11 Å². The molecule has 0 aliphatic carbocycles. The Morgan fingerprint density at radius 1 is 1.35 bits per heavy atom. The zero-order chi connectivity index (χ0) is 12.3. The monoisotopic (exact) mass is 247 g/mol. The Morgan fingerprint density at radius 2 is 2.18 bits per heavy atom. The standard InChI is InChI=1S/C13H13NO2S/c1-9-8-17-13(14-9)6-4-10-3-5-12(16-2)11(15)7-10/h3-8,15H,1-2H3/b6-4+. The lowest BCUT2D eigenvalue weighted by molar-refractivity contribution is 0.373. The number of ether oxygens (including phenoxy) is 1. The van der Waals surface area contributed by atoms with Crippen molar-refractivity contribution in [3.05, 3.63) is 39.8 Å². The van der Waals surface area contributed by atoms with E-state index in [9.17, 15) is 5.11 Å². The molecule has 4 heteroatoms. The van der Waals surface area contributed by atoms with Crippen LogP contribution in [0.1, 0.15) is 16.3 Å². The fraction of sp³-hybridized carbons (Fsp3) is 0.154. The molecule has 0 bridgehead atoms. The first-order chi connectivity index (χ1) is 8.19. The van der Waals surface area contributed by atoms with Crippen molar-refractivity contribution >= 4 is 23.5 Å². The van der Waals surface area contributed by atoms with E-state index >= 15 is 0 Å². The molecule has 0 spiro atoms. The van der Waals surface area contributed by atoms with Crippen LogP contribution in [0.2, 0.25) is 0 Å². The number of methoxy groups -OCH3 is 1. The molecule has 1 aromatic heterocycles. The highest BCUT2D eigenvalue weighted by molar-refractivity contribution is 7.10. The number of hydrogen-bond donors (Lipinski definition) is 1. The lowest BCUT2D eigenvalue weighted by Gasteiger charge is -2.02. The second-order valence-electron chi connectivity index (χ2n) is 3.59. The average Bonchev–Trinajstić information content (AvgIpc) is 2.73. The first-order valence-corrected chi connectivity index (χ1v) is 6.04. The number of rotatable bonds is 3. The van der Waals surface area contributed by atoms with Crippen LogP contribution in [-0.4, -0.2) is 17.2 Å². The highest BCUT2D eigenvalue weighted by Crippen LogP contribution is 2.27. The molecule has 0 saturated heterocycles. The molecule has 3 nitrogen and oxygen atoms in total. The van der Waals surface area contributed by atoms with E-state index in [0.29, 0.717) is 5.75 Å². The number of nitrogens with zero attached hydrogens (tertiary/aromatic N) is 1. The SMILES string of the molecule is COc1ccc(/C=C/c2nc(C)cs2)cc1O. The molecule has 0 atom stereocenters. The number of benzene rings is 1. The van der Waals surface area contributed by atoms with E-state index in [0.717, 1.165) is 16.3 Å². The Kier molecular flexibility index (Phi) is 3.44. The van der Waals surface area contributed by atoms with E-state index in [1.165, 1.54) is 7.11 Å². The van der Waals surface area contributed by atoms with Gasteiger partial charge in [0.05, 0.1) is 7.11 Å². The lowest BCUT2D eigenvalue weighted by atomic mass is 10.2. The smallest absolute Gasteiger partial charge is 0.160 e. The van der Waals surface area contributed by atoms with Crippen LogP contribution < -0.4 is 4.74 Å². The minimum absolute atomic E-state index is 0.143. The lowest BCUT2D eigenvalue weighted by Crippen LogP contribution is -1.83. The molecule has 2 rings (SSSR count). The van der Waals surface area contributed by atoms with Gasteiger partial charge in [0.1, 0.15) is 5.01 Å². The third kappa shape index (κ3) is 2.85. The van der Waals surface area contributed by atoms with Gasteiger partial charge in [-0.2, -0.15) is 0 Å². The number of hydrogen-bond acceptors (Lipinski definition) is 4. The maximum absolute atomic E-state index is 9.62. The molecule has 1 N–H and O–H groups in total. The predicted octanol–water partition coefficient (Wildman–Crippen LogP) is 3.34. The minimum atomic E-state index is 0.143. The summed E-state index contributed by atoms with van der Waals surface area (Å²) in [6.07, 6.45) is 3.84. The van der Waals surface area contributed by atoms with Crippen molar-refractivity contribution in [1.29, 1.82) is 0 Å². The minimum Gasteiger partial charge on any atom is -0.504 e. The molecule has 0 saturated carbocycles. The zero-order valence-electron chi connectivity index (χ0n) is 9.68. The molecule has 0 unspecified atom stereocenters. The van der Waals surface area contributed by atoms with Crippen LogP contribution in [0.4, 0.5) is 0 Å². The van der Waals surface area contributed by atoms with E-state index < -0.39 is 0 Å². The van der Waals surface area contributed by atoms with E-state index in [-0.39, 0.29) is 5.75 Å². The summed E-state index contributed by atoms with van der Waals surface area (Å²) in [5, 5.41) is 12.6. The number of aryl methyl sites for hydroxylation is 1. The van der Waals surface area contributed by atoms with E-state index in [4.69, 9.17) is 4.74 Å². The largest absolute Gasteiger partial charge is 0.504 e. The number of phenolic OH excluding ortho intramolecular Hbond substituents is 1. The van der Waals surface area contributed by atoms with Gasteiger partial charge in [0.2, 0.25) is 0 Å². The van der Waals surface area contributed by atoms with Crippen LogP contribution >= 0.6 is 11.3 Å². The van der Waals surface area contributed by atoms with Crippen molar-refractivity contribution in [3.63, 3.8) is 0 Å². The average molecular weight is 247 g/mol. The van der Waals surface area contributed by atoms with Crippen LogP contribution in [-0.2, 0) is 0 Å². The number of thiazole rings is 1. The van der Waals surface area contributed by atoms with Gasteiger partial charge in [0.25, 0.3) is 0 Å². The van der Waals surface area contributed by atoms with Gasteiger partial charge in [-0.25, -0.2) is 4.98 Å². The van der Waals surface area contributed by atoms with Gasteiger partial charge in [-0.3, -0.25) is 0 Å². The molecule has 1 aromatic carbocycles. The number of aromatic hydroxyl groups is 1. The quantitative estimate of drug-likeness (QED) is 0.904. The maximum atomic E-state index is 9.62. The third-order valence-electron chi connectivity index (χ3n) is 2.26. The van der Waals surface area contributed by atoms with Crippen LogP contribution in [0.5, 0.6) is 11.5 Å². The molecule has 0 amide bonds. The summed E-state index contributed by atoms with van der Waals surface area (Å²) < 4.78 is 4.98. The van der Waals surface area contributed by atoms with E-state index in [2.05, 4.69) is 4.98 Å². The first kappa shape index (κ1) is 11.7. The van der Waals surface area contributed by atoms with Crippen molar-refractivity contribution in [1.82, 2.24) is 4.98 Å². The Labute approximate surface area is 104 Å². The van der Waals surface area contributed by atoms with Gasteiger partial charge in [-0.05, 0) is 30.7 Å². The molecule has 17 heavy (non-hydrogen) atoms. The van der Waals surface area contributed by atoms with Crippen LogP contribution in [0, 0.1) is 6.92 Å². The molecule has 0 aliphatic rings. The van der Waals surface area contributed by atoms with Crippen molar-refractivity contribution < 1.29 is 9.84 Å². The Morgan fingerprint density at radius 3 is 2.76 bits per heavy atom. The van der Waals surface area contributed by atoms with Gasteiger partial charge in [0.15, 0.2) is 11.5 Å². The Hall–Kier alpha value is -1.81. The van der Waals surface area contributed by atoms with Gasteiger partial charge < -0.3 is 9.84 Å². The fourth-order valence-corrected chi connectivity index (χ4v) is 2.11. The number of phenols is 1. The summed E-state index contributed by atoms with van der Waals surface area (Å²) in [7, 11) is 1.53. The second kappa shape index (κ2) is 5.01. The van der Waals surface area contributed by atoms with Gasteiger partial charge in [0, 0.05) is 11.1 Å². The maximum Gasteiger partial charge on any atom is 0.160 e. The fourth-order valence-electron chi connectivity index (χ4n) is 1.43. The summed E-state index contributed by atoms with van der Waals surface area (Å²) in [5.74, 6) is 0.622. The van der Waals surface area contributed by atoms with Crippen LogP contribution in [0.3, 0.4) is 0 Å². The van der Waals surface area contributed by atoms with Gasteiger partial charge in [-0.15, -0.1) is 11.3 Å². The molecule has 1 heterocycles. The molecular formula is C13H13NO2S. The predicted molar refractivity (Wildman–Crippen MR) is 70.4 cm³/mol. The topological polar surface area (TPSA) is 42.4 Å². The van der Waals surface area contributed by atoms with Crippen LogP contribution in [0.25, 0.3) is 12.2 Å². The highest BCUT2D eigenvalue weighted by Gasteiger charge is 2.00. The molecular weight excluding hydrogens is 234 g/mol.